The van der Waals surface area contributed by atoms with E-state index < -0.39 is 0 Å². The number of halogens is 1. The number of nitrogens with one attached hydrogen (secondary N) is 1. The maximum atomic E-state index is 3.94. The van der Waals surface area contributed by atoms with E-state index in [9.17, 15) is 0 Å². The second-order valence-electron chi connectivity index (χ2n) is 1.67. The third kappa shape index (κ3) is 2.11. The topological polar surface area (TPSA) is 24.9 Å². The first-order valence-electron chi connectivity index (χ1n) is 2.66. The predicted molar refractivity (Wildman–Crippen MR) is 40.0 cm³/mol. The third-order valence-corrected chi connectivity index (χ3v) is 1.27. The molecule has 1 heterocycles. The van der Waals surface area contributed by atoms with E-state index in [2.05, 4.69) is 25.5 Å². The molecule has 0 saturated carbocycles. The van der Waals surface area contributed by atoms with Crippen LogP contribution in [0.2, 0.25) is 0 Å². The van der Waals surface area contributed by atoms with Crippen molar-refractivity contribution in [3.05, 3.63) is 30.1 Å². The van der Waals surface area contributed by atoms with Crippen molar-refractivity contribution in [1.29, 1.82) is 0 Å². The Morgan fingerprint density at radius 1 is 1.67 bits per heavy atom. The number of pyridine rings is 1. The maximum absolute atomic E-state index is 3.94. The van der Waals surface area contributed by atoms with Crippen molar-refractivity contribution in [2.45, 2.75) is 6.54 Å². The van der Waals surface area contributed by atoms with E-state index in [0.717, 1.165) is 6.54 Å². The first kappa shape index (κ1) is 6.71. The van der Waals surface area contributed by atoms with Crippen molar-refractivity contribution in [1.82, 2.24) is 9.33 Å². The van der Waals surface area contributed by atoms with Crippen LogP contribution in [0.1, 0.15) is 5.56 Å². The van der Waals surface area contributed by atoms with Crippen LogP contribution in [0.15, 0.2) is 24.5 Å². The standard InChI is InChI=1S/C6H7BrN2/c7-9-5-6-2-1-3-8-4-6/h1-4,9H,5H2. The fourth-order valence-electron chi connectivity index (χ4n) is 0.580. The van der Waals surface area contributed by atoms with Crippen molar-refractivity contribution in [2.75, 3.05) is 0 Å². The lowest BCUT2D eigenvalue weighted by Gasteiger charge is -1.93. The lowest BCUT2D eigenvalue weighted by molar-refractivity contribution is 0.981. The Morgan fingerprint density at radius 2 is 2.56 bits per heavy atom. The molecule has 0 radical (unpaired) electrons. The molecule has 1 aromatic heterocycles. The second kappa shape index (κ2) is 3.58. The minimum Gasteiger partial charge on any atom is -0.264 e. The summed E-state index contributed by atoms with van der Waals surface area (Å²) >= 11 is 3.11. The molecular formula is C6H7BrN2. The highest BCUT2D eigenvalue weighted by molar-refractivity contribution is 9.08. The SMILES string of the molecule is BrNCc1cccnc1. The van der Waals surface area contributed by atoms with E-state index in [4.69, 9.17) is 0 Å². The zero-order valence-corrected chi connectivity index (χ0v) is 6.43. The minimum absolute atomic E-state index is 0.813. The number of hydrogen-bond donors (Lipinski definition) is 1. The Morgan fingerprint density at radius 3 is 3.11 bits per heavy atom. The number of aromatic nitrogens is 1. The van der Waals surface area contributed by atoms with Gasteiger partial charge in [0.15, 0.2) is 0 Å². The lowest BCUT2D eigenvalue weighted by atomic mass is 10.3. The molecule has 0 aromatic carbocycles. The van der Waals surface area contributed by atoms with Crippen molar-refractivity contribution < 1.29 is 0 Å². The van der Waals surface area contributed by atoms with E-state index in [0.29, 0.717) is 0 Å². The first-order chi connectivity index (χ1) is 4.43. The molecule has 0 aliphatic carbocycles. The summed E-state index contributed by atoms with van der Waals surface area (Å²) in [4.78, 5) is 3.94. The van der Waals surface area contributed by atoms with Crippen LogP contribution in [0, 0.1) is 0 Å². The zero-order valence-electron chi connectivity index (χ0n) is 4.84. The van der Waals surface area contributed by atoms with E-state index >= 15 is 0 Å². The van der Waals surface area contributed by atoms with Crippen molar-refractivity contribution in [3.63, 3.8) is 0 Å². The first-order valence-corrected chi connectivity index (χ1v) is 3.45. The average Bonchev–Trinajstić information content (AvgIpc) is 1.91. The molecule has 9 heavy (non-hydrogen) atoms. The number of hydrogen-bond acceptors (Lipinski definition) is 2. The van der Waals surface area contributed by atoms with Crippen LogP contribution in [-0.2, 0) is 6.54 Å². The van der Waals surface area contributed by atoms with Gasteiger partial charge in [0.2, 0.25) is 0 Å². The molecule has 0 bridgehead atoms. The van der Waals surface area contributed by atoms with Gasteiger partial charge in [-0.15, -0.1) is 0 Å². The molecule has 0 saturated heterocycles. The van der Waals surface area contributed by atoms with Gasteiger partial charge in [-0.2, -0.15) is 0 Å². The van der Waals surface area contributed by atoms with Crippen LogP contribution in [-0.4, -0.2) is 4.98 Å². The Balaban J connectivity index is 2.61. The van der Waals surface area contributed by atoms with Gasteiger partial charge in [-0.1, -0.05) is 6.07 Å². The highest BCUT2D eigenvalue weighted by Crippen LogP contribution is 1.94. The van der Waals surface area contributed by atoms with E-state index in [1.54, 1.807) is 6.20 Å². The molecule has 0 aliphatic heterocycles. The molecule has 0 unspecified atom stereocenters. The monoisotopic (exact) mass is 186 g/mol. The van der Waals surface area contributed by atoms with E-state index in [1.165, 1.54) is 5.56 Å². The minimum atomic E-state index is 0.813. The summed E-state index contributed by atoms with van der Waals surface area (Å²) in [6.45, 7) is 0.813. The number of nitrogens with zero attached hydrogens (tertiary/aromatic N) is 1. The summed E-state index contributed by atoms with van der Waals surface area (Å²) in [5, 5.41) is 0. The second-order valence-corrected chi connectivity index (χ2v) is 2.23. The Labute approximate surface area is 62.6 Å². The van der Waals surface area contributed by atoms with Gasteiger partial charge in [-0.25, -0.2) is 0 Å². The van der Waals surface area contributed by atoms with E-state index in [-0.39, 0.29) is 0 Å². The van der Waals surface area contributed by atoms with Gasteiger partial charge < -0.3 is 0 Å². The predicted octanol–water partition coefficient (Wildman–Crippen LogP) is 1.48. The average molecular weight is 187 g/mol. The van der Waals surface area contributed by atoms with Gasteiger partial charge >= 0.3 is 0 Å². The van der Waals surface area contributed by atoms with Crippen LogP contribution < -0.4 is 4.34 Å². The van der Waals surface area contributed by atoms with Crippen molar-refractivity contribution >= 4 is 16.1 Å². The summed E-state index contributed by atoms with van der Waals surface area (Å²) in [6, 6.07) is 3.93. The van der Waals surface area contributed by atoms with Gasteiger partial charge in [0.05, 0.1) is 0 Å². The molecular weight excluding hydrogens is 180 g/mol. The molecule has 0 fully saturated rings. The van der Waals surface area contributed by atoms with Gasteiger partial charge in [0.1, 0.15) is 0 Å². The summed E-state index contributed by atoms with van der Waals surface area (Å²) in [7, 11) is 0. The van der Waals surface area contributed by atoms with Crippen LogP contribution >= 0.6 is 16.1 Å². The van der Waals surface area contributed by atoms with Crippen LogP contribution in [0.4, 0.5) is 0 Å². The molecule has 0 atom stereocenters. The zero-order chi connectivity index (χ0) is 6.53. The quantitative estimate of drug-likeness (QED) is 0.709. The maximum Gasteiger partial charge on any atom is 0.0328 e. The summed E-state index contributed by atoms with van der Waals surface area (Å²) in [5.41, 5.74) is 1.18. The Bertz CT molecular complexity index is 164. The largest absolute Gasteiger partial charge is 0.264 e. The van der Waals surface area contributed by atoms with Crippen LogP contribution in [0.3, 0.4) is 0 Å². The molecule has 0 spiro atoms. The number of rotatable bonds is 2. The van der Waals surface area contributed by atoms with Crippen LogP contribution in [0.25, 0.3) is 0 Å². The van der Waals surface area contributed by atoms with Gasteiger partial charge in [0, 0.05) is 35.1 Å². The van der Waals surface area contributed by atoms with Crippen molar-refractivity contribution in [3.8, 4) is 0 Å². The summed E-state index contributed by atoms with van der Waals surface area (Å²) in [5.74, 6) is 0. The summed E-state index contributed by atoms with van der Waals surface area (Å²) < 4.78 is 2.86. The molecule has 0 amide bonds. The molecule has 3 heteroatoms. The van der Waals surface area contributed by atoms with Gasteiger partial charge in [-0.05, 0) is 11.6 Å². The molecule has 1 rings (SSSR count). The molecule has 0 aliphatic rings. The van der Waals surface area contributed by atoms with Crippen molar-refractivity contribution in [2.24, 2.45) is 0 Å². The molecule has 1 N–H and O–H groups in total. The lowest BCUT2D eigenvalue weighted by Crippen LogP contribution is -1.96. The Hall–Kier alpha value is -0.410. The molecule has 2 nitrogen and oxygen atoms in total. The fourth-order valence-corrected chi connectivity index (χ4v) is 0.904. The molecule has 48 valence electrons. The highest BCUT2D eigenvalue weighted by Gasteiger charge is 1.85. The van der Waals surface area contributed by atoms with Gasteiger partial charge in [-0.3, -0.25) is 9.33 Å². The third-order valence-electron chi connectivity index (χ3n) is 0.994. The van der Waals surface area contributed by atoms with Gasteiger partial charge in [0.25, 0.3) is 0 Å². The van der Waals surface area contributed by atoms with E-state index in [1.807, 2.05) is 18.3 Å². The smallest absolute Gasteiger partial charge is 0.0328 e. The van der Waals surface area contributed by atoms with Crippen LogP contribution in [0.5, 0.6) is 0 Å². The summed E-state index contributed by atoms with van der Waals surface area (Å²) in [6.07, 6.45) is 3.59. The molecule has 1 aromatic rings. The Kier molecular flexibility index (Phi) is 2.67. The highest BCUT2D eigenvalue weighted by atomic mass is 79.9. The normalized spacial score (nSPS) is 9.44. The fraction of sp³-hybridized carbons (Fsp3) is 0.167.